The number of methoxy groups -OCH3 is 1. The molecule has 0 spiro atoms. The van der Waals surface area contributed by atoms with Gasteiger partial charge in [0.1, 0.15) is 11.7 Å². The number of nitrogens with two attached hydrogens (primary N) is 1. The van der Waals surface area contributed by atoms with Crippen LogP contribution in [0, 0.1) is 5.82 Å². The minimum absolute atomic E-state index is 0.0443. The van der Waals surface area contributed by atoms with E-state index in [9.17, 15) is 14.3 Å². The second-order valence-corrected chi connectivity index (χ2v) is 5.23. The number of carbonyl (C=O) groups is 1. The van der Waals surface area contributed by atoms with Gasteiger partial charge in [0.2, 0.25) is 5.95 Å². The van der Waals surface area contributed by atoms with Gasteiger partial charge < -0.3 is 15.6 Å². The van der Waals surface area contributed by atoms with Crippen LogP contribution in [-0.4, -0.2) is 33.0 Å². The summed E-state index contributed by atoms with van der Waals surface area (Å²) in [7, 11) is 1.39. The van der Waals surface area contributed by atoms with Crippen molar-refractivity contribution < 1.29 is 19.0 Å². The Morgan fingerprint density at radius 1 is 1.55 bits per heavy atom. The smallest absolute Gasteiger partial charge is 0.314 e. The molecule has 1 aliphatic rings. The Labute approximate surface area is 125 Å². The van der Waals surface area contributed by atoms with Gasteiger partial charge in [-0.3, -0.25) is 4.79 Å². The number of nitrogen functional groups attached to an aromatic ring is 1. The lowest BCUT2D eigenvalue weighted by molar-refractivity contribution is -0.139. The van der Waals surface area contributed by atoms with Crippen molar-refractivity contribution in [3.05, 3.63) is 35.4 Å². The number of aromatic nitrogens is 3. The van der Waals surface area contributed by atoms with Crippen LogP contribution in [0.2, 0.25) is 0 Å². The molecule has 22 heavy (non-hydrogen) atoms. The molecule has 1 aromatic carbocycles. The van der Waals surface area contributed by atoms with Gasteiger partial charge in [-0.2, -0.15) is 4.98 Å². The van der Waals surface area contributed by atoms with Crippen LogP contribution in [-0.2, 0) is 11.3 Å². The topological polar surface area (TPSA) is 103 Å². The van der Waals surface area contributed by atoms with Crippen molar-refractivity contribution in [1.82, 2.24) is 14.8 Å². The number of fused-ring (bicyclic) bond motifs is 1. The second-order valence-electron chi connectivity index (χ2n) is 5.23. The van der Waals surface area contributed by atoms with E-state index in [1.165, 1.54) is 23.9 Å². The van der Waals surface area contributed by atoms with Crippen LogP contribution in [0.25, 0.3) is 0 Å². The Kier molecular flexibility index (Phi) is 3.44. The normalized spacial score (nSPS) is 20.5. The zero-order valence-electron chi connectivity index (χ0n) is 11.9. The van der Waals surface area contributed by atoms with E-state index in [1.54, 1.807) is 6.07 Å². The van der Waals surface area contributed by atoms with Crippen LogP contribution in [0.15, 0.2) is 18.2 Å². The highest BCUT2D eigenvalue weighted by Crippen LogP contribution is 2.37. The third-order valence-corrected chi connectivity index (χ3v) is 3.89. The molecule has 0 fully saturated rings. The maximum atomic E-state index is 13.9. The molecule has 2 unspecified atom stereocenters. The van der Waals surface area contributed by atoms with Crippen molar-refractivity contribution in [3.63, 3.8) is 0 Å². The van der Waals surface area contributed by atoms with Gasteiger partial charge in [-0.15, -0.1) is 5.10 Å². The Bertz CT molecular complexity index is 731. The molecule has 7 nitrogen and oxygen atoms in total. The lowest BCUT2D eigenvalue weighted by Gasteiger charge is -2.27. The van der Waals surface area contributed by atoms with Crippen LogP contribution >= 0.6 is 0 Å². The van der Waals surface area contributed by atoms with E-state index in [4.69, 9.17) is 10.5 Å². The molecule has 0 radical (unpaired) electrons. The number of aliphatic carboxylic acids is 1. The van der Waals surface area contributed by atoms with Gasteiger partial charge in [0.15, 0.2) is 11.6 Å². The van der Waals surface area contributed by atoms with E-state index in [1.807, 2.05) is 0 Å². The number of hydrogen-bond donors (Lipinski definition) is 2. The molecular weight excluding hydrogens is 291 g/mol. The predicted octanol–water partition coefficient (Wildman–Crippen LogP) is 1.36. The summed E-state index contributed by atoms with van der Waals surface area (Å²) in [5.41, 5.74) is 6.25. The minimum atomic E-state index is -0.993. The third-order valence-electron chi connectivity index (χ3n) is 3.89. The number of anilines is 1. The van der Waals surface area contributed by atoms with Gasteiger partial charge in [0.05, 0.1) is 13.7 Å². The van der Waals surface area contributed by atoms with E-state index in [-0.39, 0.29) is 17.6 Å². The highest BCUT2D eigenvalue weighted by atomic mass is 19.1. The Morgan fingerprint density at radius 3 is 2.95 bits per heavy atom. The number of halogens is 1. The summed E-state index contributed by atoms with van der Waals surface area (Å²) in [5, 5.41) is 13.4. The molecule has 2 atom stereocenters. The molecule has 3 rings (SSSR count). The largest absolute Gasteiger partial charge is 0.494 e. The number of ether oxygens (including phenoxy) is 1. The van der Waals surface area contributed by atoms with Gasteiger partial charge in [0.25, 0.3) is 0 Å². The predicted molar refractivity (Wildman–Crippen MR) is 75.1 cm³/mol. The first-order valence-corrected chi connectivity index (χ1v) is 6.76. The first-order valence-electron chi connectivity index (χ1n) is 6.76. The number of benzene rings is 1. The van der Waals surface area contributed by atoms with Crippen LogP contribution in [0.4, 0.5) is 10.3 Å². The van der Waals surface area contributed by atoms with Crippen molar-refractivity contribution in [1.29, 1.82) is 0 Å². The third kappa shape index (κ3) is 2.36. The fourth-order valence-corrected chi connectivity index (χ4v) is 2.83. The maximum absolute atomic E-state index is 13.9. The molecule has 0 saturated carbocycles. The fourth-order valence-electron chi connectivity index (χ4n) is 2.83. The Balaban J connectivity index is 1.96. The Hall–Kier alpha value is -2.64. The first kappa shape index (κ1) is 14.3. The summed E-state index contributed by atoms with van der Waals surface area (Å²) in [4.78, 5) is 15.4. The van der Waals surface area contributed by atoms with E-state index in [0.29, 0.717) is 24.4 Å². The molecule has 116 valence electrons. The van der Waals surface area contributed by atoms with E-state index >= 15 is 0 Å². The van der Waals surface area contributed by atoms with Gasteiger partial charge in [0, 0.05) is 5.92 Å². The van der Waals surface area contributed by atoms with Gasteiger partial charge in [-0.1, -0.05) is 6.07 Å². The SMILES string of the molecule is COc1ccc(C2CC(C(=O)O)c3nc(N)nn3C2)cc1F. The molecule has 2 heterocycles. The summed E-state index contributed by atoms with van der Waals surface area (Å²) in [6.07, 6.45) is 0.319. The molecule has 1 aliphatic heterocycles. The van der Waals surface area contributed by atoms with Gasteiger partial charge in [-0.25, -0.2) is 9.07 Å². The van der Waals surface area contributed by atoms with Gasteiger partial charge in [-0.05, 0) is 24.1 Å². The standard InChI is InChI=1S/C14H15FN4O3/c1-22-11-3-2-7(5-10(11)15)8-4-9(13(20)21)12-17-14(16)18-19(12)6-8/h2-3,5,8-9H,4,6H2,1H3,(H2,16,18)(H,20,21). The Morgan fingerprint density at radius 2 is 2.32 bits per heavy atom. The van der Waals surface area contributed by atoms with Gasteiger partial charge >= 0.3 is 5.97 Å². The van der Waals surface area contributed by atoms with Crippen molar-refractivity contribution >= 4 is 11.9 Å². The number of carboxylic acid groups (broad SMARTS) is 1. The highest BCUT2D eigenvalue weighted by Gasteiger charge is 2.35. The maximum Gasteiger partial charge on any atom is 0.314 e. The molecule has 1 aromatic heterocycles. The molecule has 0 amide bonds. The molecule has 8 heteroatoms. The van der Waals surface area contributed by atoms with E-state index in [2.05, 4.69) is 10.1 Å². The monoisotopic (exact) mass is 306 g/mol. The van der Waals surface area contributed by atoms with Crippen molar-refractivity contribution in [2.24, 2.45) is 0 Å². The average Bonchev–Trinajstić information content (AvgIpc) is 2.85. The van der Waals surface area contributed by atoms with Crippen LogP contribution in [0.3, 0.4) is 0 Å². The fraction of sp³-hybridized carbons (Fsp3) is 0.357. The van der Waals surface area contributed by atoms with E-state index in [0.717, 1.165) is 0 Å². The van der Waals surface area contributed by atoms with Crippen molar-refractivity contribution in [2.45, 2.75) is 24.8 Å². The second kappa shape index (κ2) is 5.28. The molecule has 2 aromatic rings. The summed E-state index contributed by atoms with van der Waals surface area (Å²) >= 11 is 0. The van der Waals surface area contributed by atoms with Crippen molar-refractivity contribution in [3.8, 4) is 5.75 Å². The number of nitrogens with zero attached hydrogens (tertiary/aromatic N) is 3. The quantitative estimate of drug-likeness (QED) is 0.887. The number of hydrogen-bond acceptors (Lipinski definition) is 5. The molecule has 0 bridgehead atoms. The molecule has 0 aliphatic carbocycles. The zero-order valence-corrected chi connectivity index (χ0v) is 11.9. The van der Waals surface area contributed by atoms with E-state index < -0.39 is 17.7 Å². The zero-order chi connectivity index (χ0) is 15.9. The lowest BCUT2D eigenvalue weighted by atomic mass is 9.85. The average molecular weight is 306 g/mol. The minimum Gasteiger partial charge on any atom is -0.494 e. The first-order chi connectivity index (χ1) is 10.5. The molecule has 3 N–H and O–H groups in total. The summed E-state index contributed by atoms with van der Waals surface area (Å²) in [5.74, 6) is -1.93. The molecular formula is C14H15FN4O3. The van der Waals surface area contributed by atoms with Crippen LogP contribution < -0.4 is 10.5 Å². The van der Waals surface area contributed by atoms with Crippen LogP contribution in [0.5, 0.6) is 5.75 Å². The number of carboxylic acids is 1. The number of rotatable bonds is 3. The summed E-state index contributed by atoms with van der Waals surface area (Å²) < 4.78 is 20.2. The van der Waals surface area contributed by atoms with Crippen LogP contribution in [0.1, 0.15) is 29.6 Å². The summed E-state index contributed by atoms with van der Waals surface area (Å²) in [6.45, 7) is 0.412. The highest BCUT2D eigenvalue weighted by molar-refractivity contribution is 5.75. The lowest BCUT2D eigenvalue weighted by Crippen LogP contribution is -2.28. The van der Waals surface area contributed by atoms with Crippen molar-refractivity contribution in [2.75, 3.05) is 12.8 Å². The molecule has 0 saturated heterocycles. The summed E-state index contributed by atoms with van der Waals surface area (Å²) in [6, 6.07) is 4.64.